The van der Waals surface area contributed by atoms with E-state index in [-0.39, 0.29) is 17.5 Å². The summed E-state index contributed by atoms with van der Waals surface area (Å²) in [6, 6.07) is 6.42. The van der Waals surface area contributed by atoms with Crippen LogP contribution in [0.15, 0.2) is 34.9 Å². The van der Waals surface area contributed by atoms with Gasteiger partial charge in [-0.05, 0) is 32.0 Å². The molecule has 0 saturated heterocycles. The number of para-hydroxylation sites is 1. The highest BCUT2D eigenvalue weighted by Crippen LogP contribution is 2.21. The van der Waals surface area contributed by atoms with Crippen molar-refractivity contribution in [3.63, 3.8) is 0 Å². The maximum absolute atomic E-state index is 13.7. The van der Waals surface area contributed by atoms with Crippen molar-refractivity contribution in [2.45, 2.75) is 13.8 Å². The van der Waals surface area contributed by atoms with E-state index < -0.39 is 23.2 Å². The predicted octanol–water partition coefficient (Wildman–Crippen LogP) is 3.36. The molecular weight excluding hydrogens is 332 g/mol. The summed E-state index contributed by atoms with van der Waals surface area (Å²) in [5.41, 5.74) is 0.0507. The number of hydrogen-bond donors (Lipinski definition) is 2. The van der Waals surface area contributed by atoms with Crippen LogP contribution in [0.3, 0.4) is 0 Å². The van der Waals surface area contributed by atoms with Crippen LogP contribution in [-0.2, 0) is 0 Å². The number of carbonyl (C=O) groups is 1. The molecule has 0 unspecified atom stereocenters. The van der Waals surface area contributed by atoms with Gasteiger partial charge in [0.2, 0.25) is 5.95 Å². The lowest BCUT2D eigenvalue weighted by Crippen LogP contribution is -2.16. The Morgan fingerprint density at radius 2 is 1.84 bits per heavy atom. The molecular formula is C16H13F2N5O2. The van der Waals surface area contributed by atoms with Crippen LogP contribution < -0.4 is 10.6 Å². The molecule has 0 fully saturated rings. The number of hydrogen-bond acceptors (Lipinski definition) is 6. The maximum Gasteiger partial charge on any atom is 0.275 e. The molecule has 25 heavy (non-hydrogen) atoms. The fraction of sp³-hybridized carbons (Fsp3) is 0.125. The Morgan fingerprint density at radius 1 is 1.12 bits per heavy atom. The van der Waals surface area contributed by atoms with Gasteiger partial charge in [0.25, 0.3) is 5.91 Å². The molecule has 0 saturated carbocycles. The van der Waals surface area contributed by atoms with Crippen molar-refractivity contribution >= 4 is 23.4 Å². The molecule has 0 aliphatic rings. The van der Waals surface area contributed by atoms with Crippen LogP contribution in [0, 0.1) is 25.5 Å². The number of nitrogens with one attached hydrogen (secondary N) is 2. The van der Waals surface area contributed by atoms with E-state index in [9.17, 15) is 13.6 Å². The van der Waals surface area contributed by atoms with Crippen molar-refractivity contribution in [1.82, 2.24) is 15.1 Å². The molecule has 0 radical (unpaired) electrons. The van der Waals surface area contributed by atoms with Crippen molar-refractivity contribution < 1.29 is 18.1 Å². The second-order valence-electron chi connectivity index (χ2n) is 5.22. The first-order chi connectivity index (χ1) is 11.9. The predicted molar refractivity (Wildman–Crippen MR) is 85.6 cm³/mol. The Kier molecular flexibility index (Phi) is 4.38. The SMILES string of the molecule is Cc1cc(C(=O)Nc2cc(C)on2)nc(Nc2c(F)cccc2F)n1. The highest BCUT2D eigenvalue weighted by Gasteiger charge is 2.15. The summed E-state index contributed by atoms with van der Waals surface area (Å²) in [6.07, 6.45) is 0. The molecule has 2 heterocycles. The number of aryl methyl sites for hydroxylation is 2. The topological polar surface area (TPSA) is 92.9 Å². The lowest BCUT2D eigenvalue weighted by Gasteiger charge is -2.09. The fourth-order valence-electron chi connectivity index (χ4n) is 2.08. The Hall–Kier alpha value is -3.36. The standard InChI is InChI=1S/C16H13F2N5O2/c1-8-6-12(15(24)21-13-7-9(2)25-23-13)20-16(19-8)22-14-10(17)4-3-5-11(14)18/h3-7H,1-2H3,(H,19,20,22)(H,21,23,24). The van der Waals surface area contributed by atoms with Crippen LogP contribution in [0.1, 0.15) is 21.9 Å². The summed E-state index contributed by atoms with van der Waals surface area (Å²) in [5, 5.41) is 8.62. The van der Waals surface area contributed by atoms with Gasteiger partial charge in [-0.1, -0.05) is 11.2 Å². The maximum atomic E-state index is 13.7. The summed E-state index contributed by atoms with van der Waals surface area (Å²) in [5.74, 6) is -1.50. The minimum atomic E-state index is -0.797. The molecule has 0 spiro atoms. The van der Waals surface area contributed by atoms with Gasteiger partial charge in [-0.2, -0.15) is 0 Å². The quantitative estimate of drug-likeness (QED) is 0.753. The molecule has 0 aliphatic heterocycles. The van der Waals surface area contributed by atoms with Crippen LogP contribution in [-0.4, -0.2) is 21.0 Å². The van der Waals surface area contributed by atoms with Crippen molar-refractivity contribution in [1.29, 1.82) is 0 Å². The number of anilines is 3. The molecule has 1 aromatic carbocycles. The summed E-state index contributed by atoms with van der Waals surface area (Å²) >= 11 is 0. The summed E-state index contributed by atoms with van der Waals surface area (Å²) in [4.78, 5) is 20.3. The van der Waals surface area contributed by atoms with E-state index in [4.69, 9.17) is 4.52 Å². The highest BCUT2D eigenvalue weighted by molar-refractivity contribution is 6.02. The van der Waals surface area contributed by atoms with Crippen LogP contribution in [0.25, 0.3) is 0 Å². The Morgan fingerprint density at radius 3 is 2.48 bits per heavy atom. The van der Waals surface area contributed by atoms with E-state index in [1.807, 2.05) is 0 Å². The molecule has 9 heteroatoms. The number of aromatic nitrogens is 3. The third-order valence-corrected chi connectivity index (χ3v) is 3.16. The molecule has 3 aromatic rings. The zero-order valence-corrected chi connectivity index (χ0v) is 13.3. The third-order valence-electron chi connectivity index (χ3n) is 3.16. The minimum Gasteiger partial charge on any atom is -0.360 e. The van der Waals surface area contributed by atoms with Gasteiger partial charge in [0.1, 0.15) is 28.8 Å². The monoisotopic (exact) mass is 345 g/mol. The Labute approximate surface area is 141 Å². The number of rotatable bonds is 4. The second-order valence-corrected chi connectivity index (χ2v) is 5.22. The molecule has 0 aliphatic carbocycles. The smallest absolute Gasteiger partial charge is 0.275 e. The minimum absolute atomic E-state index is 0.00685. The Balaban J connectivity index is 1.86. The zero-order chi connectivity index (χ0) is 18.0. The van der Waals surface area contributed by atoms with Crippen LogP contribution in [0.5, 0.6) is 0 Å². The third kappa shape index (κ3) is 3.77. The number of halogens is 2. The van der Waals surface area contributed by atoms with E-state index >= 15 is 0 Å². The van der Waals surface area contributed by atoms with Crippen LogP contribution in [0.2, 0.25) is 0 Å². The van der Waals surface area contributed by atoms with Crippen molar-refractivity contribution in [2.75, 3.05) is 10.6 Å². The number of nitrogens with zero attached hydrogens (tertiary/aromatic N) is 3. The molecule has 128 valence electrons. The molecule has 2 N–H and O–H groups in total. The van der Waals surface area contributed by atoms with E-state index in [0.717, 1.165) is 12.1 Å². The summed E-state index contributed by atoms with van der Waals surface area (Å²) in [6.45, 7) is 3.31. The number of amides is 1. The van der Waals surface area contributed by atoms with Gasteiger partial charge < -0.3 is 15.2 Å². The summed E-state index contributed by atoms with van der Waals surface area (Å²) in [7, 11) is 0. The van der Waals surface area contributed by atoms with Gasteiger partial charge in [0, 0.05) is 11.8 Å². The van der Waals surface area contributed by atoms with Gasteiger partial charge in [-0.15, -0.1) is 0 Å². The largest absolute Gasteiger partial charge is 0.360 e. The fourth-order valence-corrected chi connectivity index (χ4v) is 2.08. The number of carbonyl (C=O) groups excluding carboxylic acids is 1. The van der Waals surface area contributed by atoms with Crippen molar-refractivity contribution in [2.24, 2.45) is 0 Å². The van der Waals surface area contributed by atoms with E-state index in [2.05, 4.69) is 25.8 Å². The first-order valence-electron chi connectivity index (χ1n) is 7.24. The molecule has 2 aromatic heterocycles. The van der Waals surface area contributed by atoms with Gasteiger partial charge in [0.15, 0.2) is 5.82 Å². The second kappa shape index (κ2) is 6.63. The van der Waals surface area contributed by atoms with Gasteiger partial charge in [-0.25, -0.2) is 18.7 Å². The first-order valence-corrected chi connectivity index (χ1v) is 7.24. The lowest BCUT2D eigenvalue weighted by atomic mass is 10.3. The molecule has 0 atom stereocenters. The average Bonchev–Trinajstić information content (AvgIpc) is 2.95. The number of benzene rings is 1. The summed E-state index contributed by atoms with van der Waals surface area (Å²) < 4.78 is 32.3. The van der Waals surface area contributed by atoms with Gasteiger partial charge in [-0.3, -0.25) is 4.79 Å². The molecule has 3 rings (SSSR count). The first kappa shape index (κ1) is 16.5. The van der Waals surface area contributed by atoms with E-state index in [1.165, 1.54) is 12.1 Å². The lowest BCUT2D eigenvalue weighted by molar-refractivity contribution is 0.102. The van der Waals surface area contributed by atoms with E-state index in [0.29, 0.717) is 11.5 Å². The zero-order valence-electron chi connectivity index (χ0n) is 13.3. The van der Waals surface area contributed by atoms with Crippen molar-refractivity contribution in [3.05, 3.63) is 59.1 Å². The molecule has 1 amide bonds. The van der Waals surface area contributed by atoms with Crippen molar-refractivity contribution in [3.8, 4) is 0 Å². The Bertz CT molecular complexity index is 922. The van der Waals surface area contributed by atoms with E-state index in [1.54, 1.807) is 19.9 Å². The normalized spacial score (nSPS) is 10.6. The van der Waals surface area contributed by atoms with Gasteiger partial charge in [0.05, 0.1) is 0 Å². The van der Waals surface area contributed by atoms with Crippen LogP contribution in [0.4, 0.5) is 26.2 Å². The van der Waals surface area contributed by atoms with Crippen LogP contribution >= 0.6 is 0 Å². The van der Waals surface area contributed by atoms with Gasteiger partial charge >= 0.3 is 0 Å². The molecule has 7 nitrogen and oxygen atoms in total. The molecule has 0 bridgehead atoms. The average molecular weight is 345 g/mol. The highest BCUT2D eigenvalue weighted by atomic mass is 19.1.